The van der Waals surface area contributed by atoms with E-state index in [0.29, 0.717) is 0 Å². The molecule has 0 spiro atoms. The molecule has 0 aromatic rings. The van der Waals surface area contributed by atoms with E-state index in [4.69, 9.17) is 9.47 Å². The van der Waals surface area contributed by atoms with E-state index in [1.54, 1.807) is 0 Å². The largest absolute Gasteiger partial charge is 0.379 e. The number of rotatable bonds is 5. The topological polar surface area (TPSA) is 61.4 Å². The Morgan fingerprint density at radius 3 is 2.48 bits per heavy atom. The van der Waals surface area contributed by atoms with Crippen LogP contribution in [0, 0.1) is 0 Å². The number of hydrogen-bond donors (Lipinski definition) is 2. The van der Waals surface area contributed by atoms with Crippen LogP contribution >= 0.6 is 24.0 Å². The number of nitrogens with zero attached hydrogens (tertiary/aromatic N) is 3. The molecule has 3 fully saturated rings. The van der Waals surface area contributed by atoms with Gasteiger partial charge in [-0.1, -0.05) is 19.3 Å². The summed E-state index contributed by atoms with van der Waals surface area (Å²) in [6.45, 7) is 8.39. The Bertz CT molecular complexity index is 453. The zero-order chi connectivity index (χ0) is 18.2. The molecule has 7 nitrogen and oxygen atoms in total. The number of ether oxygens (including phenoxy) is 2. The van der Waals surface area contributed by atoms with Crippen LogP contribution in [0.5, 0.6) is 0 Å². The first kappa shape index (κ1) is 23.1. The van der Waals surface area contributed by atoms with E-state index in [1.807, 2.05) is 7.05 Å². The molecule has 2 saturated heterocycles. The molecule has 2 aliphatic heterocycles. The summed E-state index contributed by atoms with van der Waals surface area (Å²) >= 11 is 0. The molecular formula is C19H38IN5O2. The predicted octanol–water partition coefficient (Wildman–Crippen LogP) is 1.14. The smallest absolute Gasteiger partial charge is 0.191 e. The third-order valence-corrected chi connectivity index (χ3v) is 6.11. The second kappa shape index (κ2) is 11.7. The molecule has 1 atom stereocenters. The monoisotopic (exact) mass is 495 g/mol. The maximum Gasteiger partial charge on any atom is 0.191 e. The molecule has 2 N–H and O–H groups in total. The number of hydrogen-bond acceptors (Lipinski definition) is 5. The molecule has 3 rings (SSSR count). The highest BCUT2D eigenvalue weighted by Gasteiger charge is 2.38. The van der Waals surface area contributed by atoms with E-state index in [9.17, 15) is 0 Å². The van der Waals surface area contributed by atoms with Crippen LogP contribution in [0.15, 0.2) is 4.99 Å². The lowest BCUT2D eigenvalue weighted by Crippen LogP contribution is -2.60. The summed E-state index contributed by atoms with van der Waals surface area (Å²) in [6.07, 6.45) is 6.79. The molecule has 0 radical (unpaired) electrons. The van der Waals surface area contributed by atoms with Gasteiger partial charge in [-0.3, -0.25) is 9.89 Å². The van der Waals surface area contributed by atoms with Crippen molar-refractivity contribution in [3.63, 3.8) is 0 Å². The molecule has 0 aromatic heterocycles. The fourth-order valence-corrected chi connectivity index (χ4v) is 4.52. The zero-order valence-electron chi connectivity index (χ0n) is 17.0. The van der Waals surface area contributed by atoms with Crippen molar-refractivity contribution in [3.05, 3.63) is 0 Å². The van der Waals surface area contributed by atoms with E-state index in [1.165, 1.54) is 32.1 Å². The fourth-order valence-electron chi connectivity index (χ4n) is 4.52. The SMILES string of the molecule is CN=C(NCC1CN(C)CCO1)NCC1(N2CCOCC2)CCCCC1.I. The third kappa shape index (κ3) is 6.69. The van der Waals surface area contributed by atoms with Crippen molar-refractivity contribution in [1.29, 1.82) is 0 Å². The Labute approximate surface area is 181 Å². The standard InChI is InChI=1S/C19H37N5O2.HI/c1-20-18(21-14-17-15-23(2)8-13-26-17)22-16-19(6-4-3-5-7-19)24-9-11-25-12-10-24;/h17H,3-16H2,1-2H3,(H2,20,21,22);1H. The predicted molar refractivity (Wildman–Crippen MR) is 120 cm³/mol. The number of halogens is 1. The van der Waals surface area contributed by atoms with Crippen molar-refractivity contribution in [2.45, 2.75) is 43.7 Å². The first-order valence-electron chi connectivity index (χ1n) is 10.3. The molecule has 8 heteroatoms. The molecule has 3 aliphatic rings. The molecule has 0 bridgehead atoms. The Morgan fingerprint density at radius 2 is 1.81 bits per heavy atom. The van der Waals surface area contributed by atoms with Crippen molar-refractivity contribution in [2.75, 3.05) is 73.2 Å². The summed E-state index contributed by atoms with van der Waals surface area (Å²) in [6, 6.07) is 0. The van der Waals surface area contributed by atoms with Crippen LogP contribution in [0.2, 0.25) is 0 Å². The van der Waals surface area contributed by atoms with E-state index >= 15 is 0 Å². The van der Waals surface area contributed by atoms with Crippen molar-refractivity contribution in [2.24, 2.45) is 4.99 Å². The molecule has 158 valence electrons. The van der Waals surface area contributed by atoms with Crippen LogP contribution < -0.4 is 10.6 Å². The number of guanidine groups is 1. The first-order valence-corrected chi connectivity index (χ1v) is 10.3. The molecular weight excluding hydrogens is 457 g/mol. The number of nitrogens with one attached hydrogen (secondary N) is 2. The lowest BCUT2D eigenvalue weighted by molar-refractivity contribution is -0.0353. The molecule has 0 aromatic carbocycles. The summed E-state index contributed by atoms with van der Waals surface area (Å²) < 4.78 is 11.4. The van der Waals surface area contributed by atoms with Gasteiger partial charge in [0.1, 0.15) is 0 Å². The first-order chi connectivity index (χ1) is 12.7. The van der Waals surface area contributed by atoms with Gasteiger partial charge in [0.15, 0.2) is 5.96 Å². The molecule has 27 heavy (non-hydrogen) atoms. The Balaban J connectivity index is 0.00000261. The zero-order valence-corrected chi connectivity index (χ0v) is 19.4. The van der Waals surface area contributed by atoms with E-state index < -0.39 is 0 Å². The van der Waals surface area contributed by atoms with E-state index in [-0.39, 0.29) is 35.6 Å². The van der Waals surface area contributed by atoms with Crippen molar-refractivity contribution >= 4 is 29.9 Å². The average molecular weight is 495 g/mol. The maximum absolute atomic E-state index is 5.84. The van der Waals surface area contributed by atoms with Crippen LogP contribution in [0.3, 0.4) is 0 Å². The molecule has 1 aliphatic carbocycles. The average Bonchev–Trinajstić information content (AvgIpc) is 2.69. The van der Waals surface area contributed by atoms with Gasteiger partial charge in [-0.25, -0.2) is 0 Å². The maximum atomic E-state index is 5.84. The minimum atomic E-state index is 0. The van der Waals surface area contributed by atoms with Gasteiger partial charge in [-0.2, -0.15) is 0 Å². The van der Waals surface area contributed by atoms with Gasteiger partial charge in [0, 0.05) is 51.9 Å². The summed E-state index contributed by atoms with van der Waals surface area (Å²) in [5.41, 5.74) is 0.251. The van der Waals surface area contributed by atoms with Gasteiger partial charge in [0.2, 0.25) is 0 Å². The second-order valence-electron chi connectivity index (χ2n) is 7.95. The quantitative estimate of drug-likeness (QED) is 0.339. The van der Waals surface area contributed by atoms with E-state index in [2.05, 4.69) is 32.5 Å². The molecule has 2 heterocycles. The van der Waals surface area contributed by atoms with Crippen LogP contribution in [0.4, 0.5) is 0 Å². The van der Waals surface area contributed by atoms with Crippen molar-refractivity contribution in [3.8, 4) is 0 Å². The minimum Gasteiger partial charge on any atom is -0.379 e. The van der Waals surface area contributed by atoms with Gasteiger partial charge in [0.05, 0.1) is 25.9 Å². The van der Waals surface area contributed by atoms with Gasteiger partial charge in [0.25, 0.3) is 0 Å². The molecule has 1 saturated carbocycles. The lowest BCUT2D eigenvalue weighted by Gasteiger charge is -2.48. The Morgan fingerprint density at radius 1 is 1.07 bits per heavy atom. The fraction of sp³-hybridized carbons (Fsp3) is 0.947. The van der Waals surface area contributed by atoms with Gasteiger partial charge >= 0.3 is 0 Å². The molecule has 0 amide bonds. The number of aliphatic imine (C=N–C) groups is 1. The Kier molecular flexibility index (Phi) is 10.1. The third-order valence-electron chi connectivity index (χ3n) is 6.11. The normalized spacial score (nSPS) is 27.6. The van der Waals surface area contributed by atoms with Gasteiger partial charge in [-0.05, 0) is 19.9 Å². The highest BCUT2D eigenvalue weighted by molar-refractivity contribution is 14.0. The van der Waals surface area contributed by atoms with Crippen LogP contribution in [0.25, 0.3) is 0 Å². The van der Waals surface area contributed by atoms with Crippen molar-refractivity contribution in [1.82, 2.24) is 20.4 Å². The summed E-state index contributed by atoms with van der Waals surface area (Å²) in [7, 11) is 4.00. The summed E-state index contributed by atoms with van der Waals surface area (Å²) in [5.74, 6) is 0.889. The molecule has 1 unspecified atom stereocenters. The van der Waals surface area contributed by atoms with Crippen LogP contribution in [0.1, 0.15) is 32.1 Å². The highest BCUT2D eigenvalue weighted by atomic mass is 127. The van der Waals surface area contributed by atoms with Crippen LogP contribution in [-0.4, -0.2) is 101 Å². The van der Waals surface area contributed by atoms with Crippen molar-refractivity contribution < 1.29 is 9.47 Å². The Hall–Kier alpha value is -0.160. The van der Waals surface area contributed by atoms with Gasteiger partial charge < -0.3 is 25.0 Å². The minimum absolute atomic E-state index is 0. The van der Waals surface area contributed by atoms with Crippen LogP contribution in [-0.2, 0) is 9.47 Å². The highest BCUT2D eigenvalue weighted by Crippen LogP contribution is 2.33. The number of morpholine rings is 2. The van der Waals surface area contributed by atoms with Gasteiger partial charge in [-0.15, -0.1) is 24.0 Å². The summed E-state index contributed by atoms with van der Waals surface area (Å²) in [4.78, 5) is 9.42. The second-order valence-corrected chi connectivity index (χ2v) is 7.95. The van der Waals surface area contributed by atoms with E-state index in [0.717, 1.165) is 65.0 Å². The summed E-state index contributed by atoms with van der Waals surface area (Å²) in [5, 5.41) is 7.08. The lowest BCUT2D eigenvalue weighted by atomic mass is 9.80. The number of likely N-dealkylation sites (N-methyl/N-ethyl adjacent to an activating group) is 1.